The van der Waals surface area contributed by atoms with Crippen molar-refractivity contribution in [2.75, 3.05) is 6.61 Å². The molecule has 1 rings (SSSR count). The van der Waals surface area contributed by atoms with Crippen LogP contribution in [0.3, 0.4) is 0 Å². The molecule has 0 aliphatic heterocycles. The van der Waals surface area contributed by atoms with Crippen molar-refractivity contribution in [1.82, 2.24) is 0 Å². The molecule has 0 spiro atoms. The minimum absolute atomic E-state index is 0.217. The van der Waals surface area contributed by atoms with Crippen molar-refractivity contribution in [3.8, 4) is 0 Å². The molecule has 1 atom stereocenters. The van der Waals surface area contributed by atoms with Crippen LogP contribution in [0.5, 0.6) is 0 Å². The fourth-order valence-electron chi connectivity index (χ4n) is 2.04. The van der Waals surface area contributed by atoms with Crippen molar-refractivity contribution in [3.63, 3.8) is 0 Å². The minimum Gasteiger partial charge on any atom is -0.456 e. The normalized spacial score (nSPS) is 13.1. The van der Waals surface area contributed by atoms with Crippen LogP contribution in [0.4, 0.5) is 0 Å². The lowest BCUT2D eigenvalue weighted by Gasteiger charge is -2.20. The number of ether oxygens (including phenoxy) is 1. The number of rotatable bonds is 6. The van der Waals surface area contributed by atoms with Crippen molar-refractivity contribution < 1.29 is 14.6 Å². The molecule has 112 valence electrons. The predicted molar refractivity (Wildman–Crippen MR) is 80.8 cm³/mol. The SMILES string of the molecule is C[C@@H](CCO)CCc1ccccc1C(=O)OC(C)(C)C. The Bertz CT molecular complexity index is 432. The van der Waals surface area contributed by atoms with E-state index in [2.05, 4.69) is 6.92 Å². The Kier molecular flexibility index (Phi) is 6.21. The van der Waals surface area contributed by atoms with Gasteiger partial charge in [0, 0.05) is 6.61 Å². The number of aliphatic hydroxyl groups excluding tert-OH is 1. The summed E-state index contributed by atoms with van der Waals surface area (Å²) in [5.74, 6) is 0.189. The van der Waals surface area contributed by atoms with Crippen molar-refractivity contribution >= 4 is 5.97 Å². The molecule has 1 aromatic carbocycles. The molecule has 0 saturated carbocycles. The van der Waals surface area contributed by atoms with Gasteiger partial charge in [-0.1, -0.05) is 25.1 Å². The molecule has 0 aromatic heterocycles. The molecule has 0 unspecified atom stereocenters. The van der Waals surface area contributed by atoms with E-state index in [0.29, 0.717) is 11.5 Å². The number of aryl methyl sites for hydroxylation is 1. The summed E-state index contributed by atoms with van der Waals surface area (Å²) in [4.78, 5) is 12.2. The summed E-state index contributed by atoms with van der Waals surface area (Å²) in [6.07, 6.45) is 2.59. The fraction of sp³-hybridized carbons (Fsp3) is 0.588. The Balaban J connectivity index is 2.75. The van der Waals surface area contributed by atoms with Crippen LogP contribution in [0, 0.1) is 5.92 Å². The van der Waals surface area contributed by atoms with E-state index in [1.165, 1.54) is 0 Å². The molecule has 0 heterocycles. The second-order valence-corrected chi connectivity index (χ2v) is 6.32. The largest absolute Gasteiger partial charge is 0.456 e. The van der Waals surface area contributed by atoms with Gasteiger partial charge in [-0.05, 0) is 57.6 Å². The summed E-state index contributed by atoms with van der Waals surface area (Å²) < 4.78 is 5.44. The maximum atomic E-state index is 12.2. The van der Waals surface area contributed by atoms with Gasteiger partial charge in [0.15, 0.2) is 0 Å². The second kappa shape index (κ2) is 7.44. The lowest BCUT2D eigenvalue weighted by atomic mass is 9.96. The molecular formula is C17H26O3. The molecule has 0 aliphatic rings. The summed E-state index contributed by atoms with van der Waals surface area (Å²) in [7, 11) is 0. The van der Waals surface area contributed by atoms with Gasteiger partial charge in [-0.3, -0.25) is 0 Å². The highest BCUT2D eigenvalue weighted by atomic mass is 16.6. The first-order chi connectivity index (χ1) is 9.33. The van der Waals surface area contributed by atoms with Crippen LogP contribution in [0.25, 0.3) is 0 Å². The van der Waals surface area contributed by atoms with Crippen LogP contribution in [0.2, 0.25) is 0 Å². The van der Waals surface area contributed by atoms with E-state index in [0.717, 1.165) is 24.8 Å². The summed E-state index contributed by atoms with van der Waals surface area (Å²) in [6, 6.07) is 7.60. The van der Waals surface area contributed by atoms with E-state index in [9.17, 15) is 4.79 Å². The first-order valence-electron chi connectivity index (χ1n) is 7.25. The summed E-state index contributed by atoms with van der Waals surface area (Å²) >= 11 is 0. The summed E-state index contributed by atoms with van der Waals surface area (Å²) in [5, 5.41) is 8.93. The van der Waals surface area contributed by atoms with Crippen LogP contribution < -0.4 is 0 Å². The zero-order valence-electron chi connectivity index (χ0n) is 13.0. The van der Waals surface area contributed by atoms with Crippen LogP contribution in [-0.4, -0.2) is 23.3 Å². The highest BCUT2D eigenvalue weighted by molar-refractivity contribution is 5.91. The van der Waals surface area contributed by atoms with Crippen LogP contribution >= 0.6 is 0 Å². The van der Waals surface area contributed by atoms with E-state index < -0.39 is 5.60 Å². The van der Waals surface area contributed by atoms with E-state index >= 15 is 0 Å². The number of hydrogen-bond acceptors (Lipinski definition) is 3. The van der Waals surface area contributed by atoms with Gasteiger partial charge in [-0.15, -0.1) is 0 Å². The average Bonchev–Trinajstić information content (AvgIpc) is 2.35. The Morgan fingerprint density at radius 3 is 2.50 bits per heavy atom. The number of esters is 1. The predicted octanol–water partition coefficient (Wildman–Crippen LogP) is 3.59. The minimum atomic E-state index is -0.478. The Morgan fingerprint density at radius 2 is 1.90 bits per heavy atom. The standard InChI is InChI=1S/C17H26O3/c1-13(11-12-18)9-10-14-7-5-6-8-15(14)16(19)20-17(2,3)4/h5-8,13,18H,9-12H2,1-4H3/t13-/m1/s1. The number of hydrogen-bond donors (Lipinski definition) is 1. The summed E-state index contributed by atoms with van der Waals surface area (Å²) in [5.41, 5.74) is 1.19. The molecule has 3 nitrogen and oxygen atoms in total. The molecule has 0 fully saturated rings. The van der Waals surface area contributed by atoms with E-state index in [1.54, 1.807) is 0 Å². The Labute approximate surface area is 122 Å². The first kappa shape index (κ1) is 16.7. The molecule has 20 heavy (non-hydrogen) atoms. The molecule has 0 radical (unpaired) electrons. The molecule has 1 aromatic rings. The zero-order chi connectivity index (χ0) is 15.2. The van der Waals surface area contributed by atoms with Gasteiger partial charge in [-0.2, -0.15) is 0 Å². The van der Waals surface area contributed by atoms with Gasteiger partial charge in [0.2, 0.25) is 0 Å². The lowest BCUT2D eigenvalue weighted by molar-refractivity contribution is 0.00682. The fourth-order valence-corrected chi connectivity index (χ4v) is 2.04. The van der Waals surface area contributed by atoms with Crippen LogP contribution in [0.15, 0.2) is 24.3 Å². The lowest BCUT2D eigenvalue weighted by Crippen LogP contribution is -2.24. The molecule has 0 amide bonds. The topological polar surface area (TPSA) is 46.5 Å². The second-order valence-electron chi connectivity index (χ2n) is 6.32. The van der Waals surface area contributed by atoms with Gasteiger partial charge in [0.1, 0.15) is 5.60 Å². The maximum Gasteiger partial charge on any atom is 0.338 e. The van der Waals surface area contributed by atoms with Crippen molar-refractivity contribution in [2.24, 2.45) is 5.92 Å². The molecule has 0 bridgehead atoms. The van der Waals surface area contributed by atoms with Gasteiger partial charge in [0.25, 0.3) is 0 Å². The number of aliphatic hydroxyl groups is 1. The highest BCUT2D eigenvalue weighted by Gasteiger charge is 2.20. The van der Waals surface area contributed by atoms with Gasteiger partial charge >= 0.3 is 5.97 Å². The average molecular weight is 278 g/mol. The molecular weight excluding hydrogens is 252 g/mol. The number of benzene rings is 1. The van der Waals surface area contributed by atoms with Gasteiger partial charge < -0.3 is 9.84 Å². The third-order valence-electron chi connectivity index (χ3n) is 3.16. The zero-order valence-corrected chi connectivity index (χ0v) is 13.0. The van der Waals surface area contributed by atoms with Gasteiger partial charge in [-0.25, -0.2) is 4.79 Å². The van der Waals surface area contributed by atoms with Crippen molar-refractivity contribution in [3.05, 3.63) is 35.4 Å². The highest BCUT2D eigenvalue weighted by Crippen LogP contribution is 2.19. The van der Waals surface area contributed by atoms with E-state index in [1.807, 2.05) is 45.0 Å². The molecule has 0 aliphatic carbocycles. The van der Waals surface area contributed by atoms with Crippen molar-refractivity contribution in [1.29, 1.82) is 0 Å². The smallest absolute Gasteiger partial charge is 0.338 e. The van der Waals surface area contributed by atoms with Crippen LogP contribution in [-0.2, 0) is 11.2 Å². The van der Waals surface area contributed by atoms with Crippen molar-refractivity contribution in [2.45, 2.75) is 52.6 Å². The molecule has 1 N–H and O–H groups in total. The Morgan fingerprint density at radius 1 is 1.25 bits per heavy atom. The third kappa shape index (κ3) is 5.74. The molecule has 0 saturated heterocycles. The van der Waals surface area contributed by atoms with Gasteiger partial charge in [0.05, 0.1) is 5.56 Å². The third-order valence-corrected chi connectivity index (χ3v) is 3.16. The molecule has 3 heteroatoms. The summed E-state index contributed by atoms with van der Waals surface area (Å²) in [6.45, 7) is 7.95. The number of carbonyl (C=O) groups is 1. The quantitative estimate of drug-likeness (QED) is 0.809. The maximum absolute atomic E-state index is 12.2. The van der Waals surface area contributed by atoms with E-state index in [4.69, 9.17) is 9.84 Å². The first-order valence-corrected chi connectivity index (χ1v) is 7.25. The Hall–Kier alpha value is -1.35. The number of carbonyl (C=O) groups excluding carboxylic acids is 1. The monoisotopic (exact) mass is 278 g/mol. The van der Waals surface area contributed by atoms with E-state index in [-0.39, 0.29) is 12.6 Å². The van der Waals surface area contributed by atoms with Crippen LogP contribution in [0.1, 0.15) is 56.5 Å².